The Kier molecular flexibility index (Phi) is 12.1. The molecular formula is C46H46N8O6. The van der Waals surface area contributed by atoms with Crippen LogP contribution in [0.4, 0.5) is 4.79 Å². The number of carbonyl (C=O) groups is 3. The predicted octanol–water partition coefficient (Wildman–Crippen LogP) is 7.91. The van der Waals surface area contributed by atoms with Crippen LogP contribution in [-0.4, -0.2) is 81.8 Å². The first-order valence-corrected chi connectivity index (χ1v) is 20.0. The number of rotatable bonds is 13. The van der Waals surface area contributed by atoms with Crippen LogP contribution in [0.25, 0.3) is 33.6 Å². The molecule has 4 aromatic carbocycles. The fourth-order valence-corrected chi connectivity index (χ4v) is 8.17. The van der Waals surface area contributed by atoms with Crippen LogP contribution in [0.1, 0.15) is 72.4 Å². The van der Waals surface area contributed by atoms with Crippen LogP contribution >= 0.6 is 0 Å². The summed E-state index contributed by atoms with van der Waals surface area (Å²) in [7, 11) is 2.67. The van der Waals surface area contributed by atoms with Gasteiger partial charge in [0.1, 0.15) is 6.04 Å². The molecule has 306 valence electrons. The van der Waals surface area contributed by atoms with Gasteiger partial charge in [-0.1, -0.05) is 109 Å². The second-order valence-corrected chi connectivity index (χ2v) is 14.8. The molecule has 2 aliphatic rings. The SMILES string of the molecule is COOC=N[C@H](C(=O)N1CCC[C@H]1c1cc(-c2ccc(-c3ccc(-c4cc([C@@H]5CCCN5C(=O)[C@H](NC(=O)OC)c5ccccc5)[nH]n4)cc3)cc2)n[nH]1)c1ccccc1. The molecule has 3 amide bonds. The molecule has 4 atom stereocenters. The van der Waals surface area contributed by atoms with Gasteiger partial charge in [0.25, 0.3) is 5.91 Å². The Morgan fingerprint density at radius 3 is 1.67 bits per heavy atom. The fourth-order valence-electron chi connectivity index (χ4n) is 8.17. The number of carbonyl (C=O) groups excluding carboxylic acids is 3. The number of aliphatic imine (C=N–C) groups is 1. The van der Waals surface area contributed by atoms with Crippen LogP contribution in [-0.2, 0) is 24.1 Å². The van der Waals surface area contributed by atoms with Crippen molar-refractivity contribution >= 4 is 24.3 Å². The molecule has 0 unspecified atom stereocenters. The summed E-state index contributed by atoms with van der Waals surface area (Å²) in [6.07, 6.45) is 3.78. The van der Waals surface area contributed by atoms with Crippen molar-refractivity contribution in [2.45, 2.75) is 49.9 Å². The van der Waals surface area contributed by atoms with Gasteiger partial charge in [-0.2, -0.15) is 15.1 Å². The number of H-pyrrole nitrogens is 2. The minimum absolute atomic E-state index is 0.116. The van der Waals surface area contributed by atoms with Crippen molar-refractivity contribution in [3.05, 3.63) is 144 Å². The molecule has 4 heterocycles. The normalized spacial score (nSPS) is 17.4. The van der Waals surface area contributed by atoms with Crippen LogP contribution in [0, 0.1) is 0 Å². The Morgan fingerprint density at radius 1 is 0.683 bits per heavy atom. The second kappa shape index (κ2) is 18.2. The van der Waals surface area contributed by atoms with E-state index in [1.54, 1.807) is 0 Å². The van der Waals surface area contributed by atoms with E-state index in [-0.39, 0.29) is 23.9 Å². The summed E-state index contributed by atoms with van der Waals surface area (Å²) in [5, 5.41) is 18.4. The molecule has 0 spiro atoms. The van der Waals surface area contributed by atoms with E-state index in [0.29, 0.717) is 18.7 Å². The maximum atomic E-state index is 13.9. The van der Waals surface area contributed by atoms with Gasteiger partial charge in [0.05, 0.1) is 49.1 Å². The zero-order valence-corrected chi connectivity index (χ0v) is 33.4. The number of nitrogens with one attached hydrogen (secondary N) is 3. The molecule has 2 saturated heterocycles. The van der Waals surface area contributed by atoms with Gasteiger partial charge < -0.3 is 24.7 Å². The summed E-state index contributed by atoms with van der Waals surface area (Å²) < 4.78 is 4.83. The van der Waals surface area contributed by atoms with Crippen LogP contribution < -0.4 is 5.32 Å². The van der Waals surface area contributed by atoms with E-state index in [2.05, 4.69) is 72.0 Å². The second-order valence-electron chi connectivity index (χ2n) is 14.8. The molecule has 60 heavy (non-hydrogen) atoms. The molecule has 0 radical (unpaired) electrons. The Hall–Kier alpha value is -7.06. The number of amides is 3. The van der Waals surface area contributed by atoms with Crippen molar-refractivity contribution in [2.24, 2.45) is 4.99 Å². The van der Waals surface area contributed by atoms with E-state index in [1.807, 2.05) is 94.7 Å². The molecule has 3 N–H and O–H groups in total. The lowest BCUT2D eigenvalue weighted by atomic mass is 10.00. The van der Waals surface area contributed by atoms with Crippen LogP contribution in [0.15, 0.2) is 126 Å². The van der Waals surface area contributed by atoms with E-state index in [9.17, 15) is 14.4 Å². The maximum absolute atomic E-state index is 13.9. The molecule has 0 saturated carbocycles. The summed E-state index contributed by atoms with van der Waals surface area (Å²) in [4.78, 5) is 57.6. The standard InChI is InChI=1S/C46H46N8O6/c1-58-46(57)48-43(35-13-7-4-8-14-35)45(56)54-26-10-16-41(54)39-28-37(50-52-39)33-23-19-31(20-24-33)30-17-21-32(22-18-30)36-27-38(51-49-36)40-15-9-25-53(40)44(55)42(47-29-60-59-2)34-11-5-3-6-12-34/h3-8,11-14,17-24,27-29,40-43H,9-10,15-16,25-26H2,1-2H3,(H,48,57)(H,49,51)(H,50,52)/t40-,41-,42-,43+/m0/s1. The molecule has 14 nitrogen and oxygen atoms in total. The lowest BCUT2D eigenvalue weighted by Gasteiger charge is -2.28. The highest BCUT2D eigenvalue weighted by atomic mass is 17.2. The molecule has 2 aliphatic heterocycles. The van der Waals surface area contributed by atoms with Gasteiger partial charge in [0.15, 0.2) is 6.04 Å². The third-order valence-electron chi connectivity index (χ3n) is 11.2. The van der Waals surface area contributed by atoms with Crippen LogP contribution in [0.2, 0.25) is 0 Å². The van der Waals surface area contributed by atoms with Gasteiger partial charge in [0.2, 0.25) is 12.3 Å². The summed E-state index contributed by atoms with van der Waals surface area (Å²) in [6.45, 7) is 1.18. The van der Waals surface area contributed by atoms with E-state index in [1.165, 1.54) is 14.2 Å². The Morgan fingerprint density at radius 2 is 1.17 bits per heavy atom. The van der Waals surface area contributed by atoms with Crippen molar-refractivity contribution in [1.82, 2.24) is 35.5 Å². The quantitative estimate of drug-likeness (QED) is 0.0458. The highest BCUT2D eigenvalue weighted by molar-refractivity contribution is 5.88. The smallest absolute Gasteiger partial charge is 0.407 e. The third-order valence-corrected chi connectivity index (χ3v) is 11.2. The van der Waals surface area contributed by atoms with Crippen LogP contribution in [0.5, 0.6) is 0 Å². The number of aromatic nitrogens is 4. The zero-order valence-electron chi connectivity index (χ0n) is 33.4. The van der Waals surface area contributed by atoms with Gasteiger partial charge in [-0.3, -0.25) is 19.8 Å². The number of alkyl carbamates (subject to hydrolysis) is 1. The van der Waals surface area contributed by atoms with Crippen molar-refractivity contribution < 1.29 is 28.9 Å². The number of ether oxygens (including phenoxy) is 1. The third kappa shape index (κ3) is 8.54. The monoisotopic (exact) mass is 806 g/mol. The van der Waals surface area contributed by atoms with Gasteiger partial charge in [-0.15, -0.1) is 0 Å². The number of aromatic amines is 2. The molecule has 0 bridgehead atoms. The summed E-state index contributed by atoms with van der Waals surface area (Å²) in [5.41, 5.74) is 8.74. The molecule has 2 aromatic heterocycles. The lowest BCUT2D eigenvalue weighted by Crippen LogP contribution is -2.42. The summed E-state index contributed by atoms with van der Waals surface area (Å²) in [6, 6.07) is 37.1. The van der Waals surface area contributed by atoms with Gasteiger partial charge in [-0.05, 0) is 60.1 Å². The number of benzene rings is 4. The average Bonchev–Trinajstić information content (AvgIpc) is 4.15. The van der Waals surface area contributed by atoms with Gasteiger partial charge in [-0.25, -0.2) is 9.79 Å². The Bertz CT molecular complexity index is 2420. The van der Waals surface area contributed by atoms with Gasteiger partial charge in [0, 0.05) is 24.2 Å². The fraction of sp³-hybridized carbons (Fsp3) is 0.261. The molecular weight excluding hydrogens is 761 g/mol. The average molecular weight is 807 g/mol. The van der Waals surface area contributed by atoms with E-state index < -0.39 is 18.2 Å². The number of likely N-dealkylation sites (tertiary alicyclic amines) is 2. The first kappa shape index (κ1) is 39.8. The maximum Gasteiger partial charge on any atom is 0.407 e. The van der Waals surface area contributed by atoms with E-state index in [0.717, 1.165) is 82.7 Å². The number of hydrogen-bond acceptors (Lipinski definition) is 9. The van der Waals surface area contributed by atoms with Crippen molar-refractivity contribution in [3.63, 3.8) is 0 Å². The first-order chi connectivity index (χ1) is 29.4. The molecule has 6 aromatic rings. The van der Waals surface area contributed by atoms with Crippen molar-refractivity contribution in [1.29, 1.82) is 0 Å². The largest absolute Gasteiger partial charge is 0.453 e. The van der Waals surface area contributed by atoms with Crippen molar-refractivity contribution in [3.8, 4) is 33.6 Å². The topological polar surface area (TPSA) is 167 Å². The first-order valence-electron chi connectivity index (χ1n) is 20.0. The minimum Gasteiger partial charge on any atom is -0.453 e. The molecule has 8 rings (SSSR count). The van der Waals surface area contributed by atoms with Gasteiger partial charge >= 0.3 is 6.09 Å². The number of hydrogen-bond donors (Lipinski definition) is 3. The summed E-state index contributed by atoms with van der Waals surface area (Å²) in [5.74, 6) is -0.315. The number of nitrogens with zero attached hydrogens (tertiary/aromatic N) is 5. The minimum atomic E-state index is -0.872. The Labute approximate surface area is 347 Å². The van der Waals surface area contributed by atoms with Crippen LogP contribution in [0.3, 0.4) is 0 Å². The lowest BCUT2D eigenvalue weighted by molar-refractivity contribution is -0.188. The molecule has 14 heteroatoms. The zero-order chi connectivity index (χ0) is 41.4. The highest BCUT2D eigenvalue weighted by Crippen LogP contribution is 2.37. The van der Waals surface area contributed by atoms with E-state index in [4.69, 9.17) is 9.62 Å². The Balaban J connectivity index is 0.927. The molecule has 0 aliphatic carbocycles. The predicted molar refractivity (Wildman–Crippen MR) is 225 cm³/mol. The summed E-state index contributed by atoms with van der Waals surface area (Å²) >= 11 is 0. The van der Waals surface area contributed by atoms with Crippen molar-refractivity contribution in [2.75, 3.05) is 27.3 Å². The number of methoxy groups -OCH3 is 1. The highest BCUT2D eigenvalue weighted by Gasteiger charge is 2.37. The van der Waals surface area contributed by atoms with E-state index >= 15 is 0 Å². The molecule has 2 fully saturated rings.